The van der Waals surface area contributed by atoms with E-state index in [2.05, 4.69) is 5.32 Å². The van der Waals surface area contributed by atoms with Crippen LogP contribution in [0, 0.1) is 11.7 Å². The number of ether oxygens (including phenoxy) is 2. The van der Waals surface area contributed by atoms with E-state index in [1.807, 2.05) is 43.3 Å². The molecule has 0 bridgehead atoms. The van der Waals surface area contributed by atoms with E-state index in [1.54, 1.807) is 18.2 Å². The highest BCUT2D eigenvalue weighted by Crippen LogP contribution is 2.49. The lowest BCUT2D eigenvalue weighted by molar-refractivity contribution is -0.121. The van der Waals surface area contributed by atoms with Crippen molar-refractivity contribution in [3.05, 3.63) is 88.7 Å². The number of methoxy groups -OCH3 is 2. The molecule has 0 radical (unpaired) electrons. The second-order valence-corrected chi connectivity index (χ2v) is 8.47. The molecule has 5 nitrogen and oxygen atoms in total. The lowest BCUT2D eigenvalue weighted by Crippen LogP contribution is -2.25. The number of hydrogen-bond donors (Lipinski definition) is 2. The molecular formula is C28H28FNO4. The third kappa shape index (κ3) is 4.76. The fourth-order valence-corrected chi connectivity index (χ4v) is 4.58. The predicted octanol–water partition coefficient (Wildman–Crippen LogP) is 5.53. The smallest absolute Gasteiger partial charge is 0.220 e. The van der Waals surface area contributed by atoms with E-state index in [9.17, 15) is 14.3 Å². The molecule has 3 aromatic carbocycles. The molecule has 0 saturated heterocycles. The number of halogens is 1. The van der Waals surface area contributed by atoms with Crippen molar-refractivity contribution in [1.29, 1.82) is 0 Å². The molecule has 3 aromatic rings. The zero-order valence-corrected chi connectivity index (χ0v) is 19.5. The maximum Gasteiger partial charge on any atom is 0.220 e. The van der Waals surface area contributed by atoms with Gasteiger partial charge in [-0.15, -0.1) is 0 Å². The molecule has 1 aliphatic rings. The number of fused-ring (bicyclic) bond motifs is 1. The van der Waals surface area contributed by atoms with Crippen LogP contribution in [0.15, 0.2) is 60.7 Å². The van der Waals surface area contributed by atoms with E-state index in [0.717, 1.165) is 27.8 Å². The van der Waals surface area contributed by atoms with Crippen LogP contribution in [-0.2, 0) is 11.3 Å². The Morgan fingerprint density at radius 2 is 1.74 bits per heavy atom. The lowest BCUT2D eigenvalue weighted by Gasteiger charge is -2.17. The molecule has 4 rings (SSSR count). The van der Waals surface area contributed by atoms with Gasteiger partial charge in [0.1, 0.15) is 5.82 Å². The molecule has 1 amide bonds. The van der Waals surface area contributed by atoms with E-state index in [-0.39, 0.29) is 35.7 Å². The third-order valence-electron chi connectivity index (χ3n) is 6.38. The highest BCUT2D eigenvalue weighted by molar-refractivity contribution is 5.89. The number of nitrogens with one attached hydrogen (secondary N) is 1. The quantitative estimate of drug-likeness (QED) is 0.486. The Bertz CT molecular complexity index is 1200. The van der Waals surface area contributed by atoms with Crippen molar-refractivity contribution >= 4 is 17.6 Å². The number of phenols is 1. The number of phenolic OH excluding ortho intramolecular Hbond substituents is 1. The fraction of sp³-hybridized carbons (Fsp3) is 0.250. The highest BCUT2D eigenvalue weighted by Gasteiger charge is 2.35. The van der Waals surface area contributed by atoms with Crippen LogP contribution in [0.4, 0.5) is 4.39 Å². The summed E-state index contributed by atoms with van der Waals surface area (Å²) in [4.78, 5) is 12.8. The van der Waals surface area contributed by atoms with E-state index in [1.165, 1.54) is 26.4 Å². The second-order valence-electron chi connectivity index (χ2n) is 8.47. The number of carbonyl (C=O) groups is 1. The highest BCUT2D eigenvalue weighted by atomic mass is 19.1. The monoisotopic (exact) mass is 461 g/mol. The number of hydrogen-bond acceptors (Lipinski definition) is 4. The van der Waals surface area contributed by atoms with Crippen LogP contribution >= 0.6 is 0 Å². The van der Waals surface area contributed by atoms with Gasteiger partial charge in [-0.2, -0.15) is 0 Å². The van der Waals surface area contributed by atoms with Crippen molar-refractivity contribution in [1.82, 2.24) is 5.32 Å². The Kier molecular flexibility index (Phi) is 6.87. The molecule has 0 saturated carbocycles. The van der Waals surface area contributed by atoms with Gasteiger partial charge in [0, 0.05) is 13.0 Å². The molecule has 176 valence electrons. The summed E-state index contributed by atoms with van der Waals surface area (Å²) in [6.07, 6.45) is 2.23. The molecule has 0 heterocycles. The number of rotatable bonds is 7. The van der Waals surface area contributed by atoms with Crippen molar-refractivity contribution in [2.45, 2.75) is 25.8 Å². The minimum absolute atomic E-state index is 0.0231. The Morgan fingerprint density at radius 3 is 2.38 bits per heavy atom. The van der Waals surface area contributed by atoms with Gasteiger partial charge in [0.2, 0.25) is 11.7 Å². The molecule has 0 fully saturated rings. The van der Waals surface area contributed by atoms with Gasteiger partial charge >= 0.3 is 0 Å². The molecule has 2 atom stereocenters. The summed E-state index contributed by atoms with van der Waals surface area (Å²) in [6, 6.07) is 17.9. The molecule has 6 heteroatoms. The SMILES string of the molecule is COc1cc(C=C2c3ccc(F)cc3C(CC(=O)NCc3ccccc3)C2C)cc(OC)c1O. The standard InChI is InChI=1S/C28H28FNO4/c1-17-22(11-19-12-25(33-2)28(32)26(13-19)34-3)21-10-9-20(29)14-24(21)23(17)15-27(31)30-16-18-7-5-4-6-8-18/h4-14,17,23,32H,15-16H2,1-3H3,(H,30,31). The van der Waals surface area contributed by atoms with Crippen LogP contribution in [0.1, 0.15) is 41.5 Å². The van der Waals surface area contributed by atoms with E-state index in [4.69, 9.17) is 9.47 Å². The average Bonchev–Trinajstić information content (AvgIpc) is 3.09. The van der Waals surface area contributed by atoms with Crippen molar-refractivity contribution in [3.8, 4) is 17.2 Å². The van der Waals surface area contributed by atoms with Gasteiger partial charge in [-0.1, -0.05) is 49.4 Å². The number of allylic oxidation sites excluding steroid dienone is 1. The molecular weight excluding hydrogens is 433 g/mol. The second kappa shape index (κ2) is 10.00. The van der Waals surface area contributed by atoms with Crippen LogP contribution in [0.3, 0.4) is 0 Å². The number of amides is 1. The summed E-state index contributed by atoms with van der Waals surface area (Å²) in [5.41, 5.74) is 4.54. The maximum absolute atomic E-state index is 14.2. The Morgan fingerprint density at radius 1 is 1.06 bits per heavy atom. The topological polar surface area (TPSA) is 67.8 Å². The van der Waals surface area contributed by atoms with Crippen molar-refractivity contribution in [2.75, 3.05) is 14.2 Å². The van der Waals surface area contributed by atoms with Crippen molar-refractivity contribution < 1.29 is 23.8 Å². The number of carbonyl (C=O) groups excluding carboxylic acids is 1. The van der Waals surface area contributed by atoms with Gasteiger partial charge in [-0.25, -0.2) is 4.39 Å². The van der Waals surface area contributed by atoms with Crippen molar-refractivity contribution in [3.63, 3.8) is 0 Å². The summed E-state index contributed by atoms with van der Waals surface area (Å²) in [7, 11) is 2.96. The van der Waals surface area contributed by atoms with Crippen LogP contribution in [-0.4, -0.2) is 25.2 Å². The van der Waals surface area contributed by atoms with Gasteiger partial charge in [-0.05, 0) is 63.9 Å². The molecule has 2 unspecified atom stereocenters. The molecule has 2 N–H and O–H groups in total. The maximum atomic E-state index is 14.2. The van der Waals surface area contributed by atoms with Gasteiger partial charge in [-0.3, -0.25) is 4.79 Å². The first-order valence-electron chi connectivity index (χ1n) is 11.2. The Labute approximate surface area is 198 Å². The largest absolute Gasteiger partial charge is 0.502 e. The lowest BCUT2D eigenvalue weighted by atomic mass is 9.88. The summed E-state index contributed by atoms with van der Waals surface area (Å²) in [5.74, 6) is -0.0539. The fourth-order valence-electron chi connectivity index (χ4n) is 4.58. The molecule has 0 aromatic heterocycles. The number of benzene rings is 3. The van der Waals surface area contributed by atoms with Crippen LogP contribution in [0.2, 0.25) is 0 Å². The van der Waals surface area contributed by atoms with Crippen LogP contribution in [0.25, 0.3) is 11.6 Å². The van der Waals surface area contributed by atoms with Crippen LogP contribution < -0.4 is 14.8 Å². The van der Waals surface area contributed by atoms with E-state index in [0.29, 0.717) is 18.0 Å². The Balaban J connectivity index is 1.63. The van der Waals surface area contributed by atoms with E-state index >= 15 is 0 Å². The van der Waals surface area contributed by atoms with E-state index < -0.39 is 0 Å². The minimum atomic E-state index is -0.324. The third-order valence-corrected chi connectivity index (χ3v) is 6.38. The van der Waals surface area contributed by atoms with Gasteiger partial charge in [0.25, 0.3) is 0 Å². The first kappa shape index (κ1) is 23.4. The Hall–Kier alpha value is -3.80. The number of aromatic hydroxyl groups is 1. The average molecular weight is 462 g/mol. The molecule has 34 heavy (non-hydrogen) atoms. The molecule has 1 aliphatic carbocycles. The molecule has 0 aliphatic heterocycles. The summed E-state index contributed by atoms with van der Waals surface area (Å²) >= 11 is 0. The summed E-state index contributed by atoms with van der Waals surface area (Å²) in [5, 5.41) is 13.2. The van der Waals surface area contributed by atoms with Crippen LogP contribution in [0.5, 0.6) is 17.2 Å². The van der Waals surface area contributed by atoms with Gasteiger partial charge in [0.15, 0.2) is 11.5 Å². The zero-order valence-electron chi connectivity index (χ0n) is 19.5. The minimum Gasteiger partial charge on any atom is -0.502 e. The summed E-state index contributed by atoms with van der Waals surface area (Å²) in [6.45, 7) is 2.50. The molecule has 0 spiro atoms. The first-order chi connectivity index (χ1) is 16.4. The first-order valence-corrected chi connectivity index (χ1v) is 11.2. The van der Waals surface area contributed by atoms with Gasteiger partial charge < -0.3 is 19.9 Å². The predicted molar refractivity (Wildman–Crippen MR) is 130 cm³/mol. The van der Waals surface area contributed by atoms with Crippen molar-refractivity contribution in [2.24, 2.45) is 5.92 Å². The summed E-state index contributed by atoms with van der Waals surface area (Å²) < 4.78 is 24.7. The normalized spacial score (nSPS) is 17.9. The zero-order chi connectivity index (χ0) is 24.2. The van der Waals surface area contributed by atoms with Gasteiger partial charge in [0.05, 0.1) is 14.2 Å².